The minimum Gasteiger partial charge on any atom is -0.444 e. The van der Waals surface area contributed by atoms with Crippen molar-refractivity contribution in [1.29, 1.82) is 0 Å². The third-order valence-electron chi connectivity index (χ3n) is 3.73. The lowest BCUT2D eigenvalue weighted by Crippen LogP contribution is -2.50. The molecule has 0 heterocycles. The Bertz CT molecular complexity index is 526. The summed E-state index contributed by atoms with van der Waals surface area (Å²) in [6.45, 7) is 4.73. The summed E-state index contributed by atoms with van der Waals surface area (Å²) in [5.74, 6) is -1.34. The molecule has 122 valence electrons. The monoisotopic (exact) mass is 308 g/mol. The van der Waals surface area contributed by atoms with Gasteiger partial charge in [-0.05, 0) is 39.2 Å². The molecule has 0 bridgehead atoms. The molecule has 0 aliphatic rings. The first-order valence-electron chi connectivity index (χ1n) is 7.09. The van der Waals surface area contributed by atoms with Gasteiger partial charge in [-0.3, -0.25) is 4.79 Å². The predicted octanol–water partition coefficient (Wildman–Crippen LogP) is 1.35. The van der Waals surface area contributed by atoms with Gasteiger partial charge >= 0.3 is 6.09 Å². The molecule has 6 nitrogen and oxygen atoms in total. The zero-order chi connectivity index (χ0) is 17.0. The fraction of sp³-hybridized carbons (Fsp3) is 0.500. The summed E-state index contributed by atoms with van der Waals surface area (Å²) in [6.07, 6.45) is -0.245. The molecule has 1 rings (SSSR count). The van der Waals surface area contributed by atoms with Gasteiger partial charge in [0.25, 0.3) is 0 Å². The van der Waals surface area contributed by atoms with Crippen molar-refractivity contribution in [2.75, 3.05) is 0 Å². The van der Waals surface area contributed by atoms with Crippen LogP contribution in [0, 0.1) is 5.92 Å². The molecule has 22 heavy (non-hydrogen) atoms. The fourth-order valence-corrected chi connectivity index (χ4v) is 2.48. The molecule has 5 N–H and O–H groups in total. The fourth-order valence-electron chi connectivity index (χ4n) is 2.48. The average Bonchev–Trinajstić information content (AvgIpc) is 2.37. The molecule has 0 saturated heterocycles. The molecule has 0 fully saturated rings. The van der Waals surface area contributed by atoms with E-state index in [1.54, 1.807) is 13.8 Å². The quantitative estimate of drug-likeness (QED) is 0.705. The van der Waals surface area contributed by atoms with Crippen LogP contribution >= 0.6 is 0 Å². The molecule has 2 amide bonds. The lowest BCUT2D eigenvalue weighted by Gasteiger charge is -2.36. The molecule has 0 radical (unpaired) electrons. The standard InChI is InChI=1S/C16H24N2O4/c1-15(2,22-14(18)20)10-12(16(3,21)13(17)19)9-11-7-5-4-6-8-11/h4-8,12,21H,9-10H2,1-3H3,(H2,17,19)(H2,18,20)/t12?,16-/m0/s1. The maximum atomic E-state index is 11.6. The Labute approximate surface area is 130 Å². The molecule has 2 atom stereocenters. The van der Waals surface area contributed by atoms with Gasteiger partial charge in [0.2, 0.25) is 5.91 Å². The molecule has 1 unspecified atom stereocenters. The van der Waals surface area contributed by atoms with E-state index in [4.69, 9.17) is 16.2 Å². The molecule has 0 saturated carbocycles. The van der Waals surface area contributed by atoms with E-state index in [2.05, 4.69) is 0 Å². The van der Waals surface area contributed by atoms with E-state index in [0.717, 1.165) is 5.56 Å². The number of carbonyl (C=O) groups is 2. The summed E-state index contributed by atoms with van der Waals surface area (Å²) >= 11 is 0. The van der Waals surface area contributed by atoms with Crippen LogP contribution in [0.1, 0.15) is 32.8 Å². The summed E-state index contributed by atoms with van der Waals surface area (Å²) in [6, 6.07) is 9.41. The van der Waals surface area contributed by atoms with Crippen molar-refractivity contribution in [2.45, 2.75) is 44.8 Å². The SMILES string of the molecule is CC(C)(CC(Cc1ccccc1)[C@](C)(O)C(N)=O)OC(N)=O. The van der Waals surface area contributed by atoms with E-state index >= 15 is 0 Å². The Hall–Kier alpha value is -2.08. The highest BCUT2D eigenvalue weighted by molar-refractivity contribution is 5.83. The summed E-state index contributed by atoms with van der Waals surface area (Å²) in [5, 5.41) is 10.5. The van der Waals surface area contributed by atoms with Crippen LogP contribution in [-0.2, 0) is 16.0 Å². The van der Waals surface area contributed by atoms with E-state index in [0.29, 0.717) is 6.42 Å². The Balaban J connectivity index is 3.01. The van der Waals surface area contributed by atoms with Gasteiger partial charge in [-0.2, -0.15) is 0 Å². The van der Waals surface area contributed by atoms with Crippen LogP contribution in [0.25, 0.3) is 0 Å². The van der Waals surface area contributed by atoms with Gasteiger partial charge in [0.1, 0.15) is 11.2 Å². The number of hydrogen-bond acceptors (Lipinski definition) is 4. The van der Waals surface area contributed by atoms with E-state index in [1.165, 1.54) is 6.92 Å². The first-order valence-corrected chi connectivity index (χ1v) is 7.09. The number of hydrogen-bond donors (Lipinski definition) is 3. The van der Waals surface area contributed by atoms with E-state index < -0.39 is 29.1 Å². The molecule has 0 aliphatic carbocycles. The van der Waals surface area contributed by atoms with Crippen LogP contribution < -0.4 is 11.5 Å². The van der Waals surface area contributed by atoms with Crippen molar-refractivity contribution in [1.82, 2.24) is 0 Å². The second-order valence-corrected chi connectivity index (χ2v) is 6.28. The minimum atomic E-state index is -1.73. The van der Waals surface area contributed by atoms with Crippen LogP contribution in [0.3, 0.4) is 0 Å². The molecule has 1 aromatic rings. The minimum absolute atomic E-state index is 0.237. The van der Waals surface area contributed by atoms with Gasteiger partial charge in [0.15, 0.2) is 0 Å². The van der Waals surface area contributed by atoms with Crippen LogP contribution in [0.4, 0.5) is 4.79 Å². The third kappa shape index (κ3) is 5.04. The van der Waals surface area contributed by atoms with Crippen molar-refractivity contribution in [2.24, 2.45) is 17.4 Å². The Morgan fingerprint density at radius 2 is 1.73 bits per heavy atom. The molecule has 0 aliphatic heterocycles. The predicted molar refractivity (Wildman–Crippen MR) is 82.8 cm³/mol. The normalized spacial score (nSPS) is 15.6. The van der Waals surface area contributed by atoms with Crippen LogP contribution in [0.2, 0.25) is 0 Å². The lowest BCUT2D eigenvalue weighted by molar-refractivity contribution is -0.142. The Morgan fingerprint density at radius 1 is 1.18 bits per heavy atom. The lowest BCUT2D eigenvalue weighted by atomic mass is 9.77. The number of benzene rings is 1. The zero-order valence-corrected chi connectivity index (χ0v) is 13.2. The van der Waals surface area contributed by atoms with Crippen molar-refractivity contribution in [3.8, 4) is 0 Å². The number of aliphatic hydroxyl groups is 1. The molecule has 1 aromatic carbocycles. The number of primary amides is 2. The zero-order valence-electron chi connectivity index (χ0n) is 13.2. The maximum absolute atomic E-state index is 11.6. The highest BCUT2D eigenvalue weighted by Crippen LogP contribution is 2.31. The van der Waals surface area contributed by atoms with E-state index in [9.17, 15) is 14.7 Å². The van der Waals surface area contributed by atoms with Gasteiger partial charge in [0, 0.05) is 5.92 Å². The number of rotatable bonds is 7. The van der Waals surface area contributed by atoms with Crippen molar-refractivity contribution in [3.63, 3.8) is 0 Å². The smallest absolute Gasteiger partial charge is 0.405 e. The molecule has 6 heteroatoms. The first-order chi connectivity index (χ1) is 10.0. The van der Waals surface area contributed by atoms with Gasteiger partial charge < -0.3 is 21.3 Å². The number of nitrogens with two attached hydrogens (primary N) is 2. The van der Waals surface area contributed by atoms with Gasteiger partial charge in [-0.1, -0.05) is 30.3 Å². The van der Waals surface area contributed by atoms with Gasteiger partial charge in [-0.25, -0.2) is 4.79 Å². The largest absolute Gasteiger partial charge is 0.444 e. The van der Waals surface area contributed by atoms with Crippen LogP contribution in [-0.4, -0.2) is 28.3 Å². The highest BCUT2D eigenvalue weighted by atomic mass is 16.6. The first kappa shape index (κ1) is 18.0. The summed E-state index contributed by atoms with van der Waals surface area (Å²) in [4.78, 5) is 22.6. The third-order valence-corrected chi connectivity index (χ3v) is 3.73. The summed E-state index contributed by atoms with van der Waals surface area (Å²) in [5.41, 5.74) is 8.68. The molecular weight excluding hydrogens is 284 g/mol. The number of amides is 2. The van der Waals surface area contributed by atoms with Crippen molar-refractivity contribution >= 4 is 12.0 Å². The van der Waals surface area contributed by atoms with Crippen molar-refractivity contribution in [3.05, 3.63) is 35.9 Å². The topological polar surface area (TPSA) is 116 Å². The summed E-state index contributed by atoms with van der Waals surface area (Å²) in [7, 11) is 0. The van der Waals surface area contributed by atoms with E-state index in [-0.39, 0.29) is 6.42 Å². The number of carbonyl (C=O) groups excluding carboxylic acids is 2. The van der Waals surface area contributed by atoms with E-state index in [1.807, 2.05) is 30.3 Å². The molecule has 0 spiro atoms. The Morgan fingerprint density at radius 3 is 2.18 bits per heavy atom. The van der Waals surface area contributed by atoms with Crippen LogP contribution in [0.15, 0.2) is 30.3 Å². The second kappa shape index (κ2) is 6.79. The van der Waals surface area contributed by atoms with Gasteiger partial charge in [-0.15, -0.1) is 0 Å². The number of ether oxygens (including phenoxy) is 1. The average molecular weight is 308 g/mol. The Kier molecular flexibility index (Phi) is 5.54. The second-order valence-electron chi connectivity index (χ2n) is 6.28. The highest BCUT2D eigenvalue weighted by Gasteiger charge is 2.41. The molecule has 0 aromatic heterocycles. The maximum Gasteiger partial charge on any atom is 0.405 e. The molecular formula is C16H24N2O4. The van der Waals surface area contributed by atoms with Crippen molar-refractivity contribution < 1.29 is 19.4 Å². The van der Waals surface area contributed by atoms with Crippen LogP contribution in [0.5, 0.6) is 0 Å². The van der Waals surface area contributed by atoms with Gasteiger partial charge in [0.05, 0.1) is 0 Å². The summed E-state index contributed by atoms with van der Waals surface area (Å²) < 4.78 is 5.06.